The number of carbonyl (C=O) groups is 2. The molecule has 1 aromatic carbocycles. The van der Waals surface area contributed by atoms with E-state index in [1.54, 1.807) is 6.07 Å². The zero-order valence-corrected chi connectivity index (χ0v) is 11.3. The van der Waals surface area contributed by atoms with Gasteiger partial charge in [0.2, 0.25) is 0 Å². The average Bonchev–Trinajstić information content (AvgIpc) is 2.37. The third kappa shape index (κ3) is 2.62. The van der Waals surface area contributed by atoms with Gasteiger partial charge in [0.05, 0.1) is 12.7 Å². The van der Waals surface area contributed by atoms with Gasteiger partial charge in [-0.15, -0.1) is 0 Å². The standard InChI is InChI=1S/C13H17NO5/c1-13(2,12(17)18)14(3)11(16)8-6-5-7-9(19-4)10(8)15/h5-7,15H,1-4H3,(H,17,18). The Morgan fingerprint density at radius 3 is 2.37 bits per heavy atom. The molecular weight excluding hydrogens is 250 g/mol. The molecule has 0 radical (unpaired) electrons. The second-order valence-electron chi connectivity index (χ2n) is 4.58. The first kappa shape index (κ1) is 14.8. The normalized spacial score (nSPS) is 10.9. The van der Waals surface area contributed by atoms with Gasteiger partial charge in [0.15, 0.2) is 11.5 Å². The highest BCUT2D eigenvalue weighted by Crippen LogP contribution is 2.31. The fourth-order valence-corrected chi connectivity index (χ4v) is 1.44. The van der Waals surface area contributed by atoms with E-state index in [0.29, 0.717) is 0 Å². The number of hydrogen-bond acceptors (Lipinski definition) is 4. The lowest BCUT2D eigenvalue weighted by molar-refractivity contribution is -0.147. The quantitative estimate of drug-likeness (QED) is 0.859. The highest BCUT2D eigenvalue weighted by atomic mass is 16.5. The van der Waals surface area contributed by atoms with Crippen LogP contribution in [0.25, 0.3) is 0 Å². The van der Waals surface area contributed by atoms with Crippen LogP contribution in [0.5, 0.6) is 11.5 Å². The molecule has 0 aliphatic rings. The second-order valence-corrected chi connectivity index (χ2v) is 4.58. The van der Waals surface area contributed by atoms with Gasteiger partial charge in [-0.25, -0.2) is 4.79 Å². The van der Waals surface area contributed by atoms with E-state index < -0.39 is 17.4 Å². The predicted molar refractivity (Wildman–Crippen MR) is 68.5 cm³/mol. The fraction of sp³-hybridized carbons (Fsp3) is 0.385. The molecule has 0 heterocycles. The Balaban J connectivity index is 3.18. The monoisotopic (exact) mass is 267 g/mol. The second kappa shape index (κ2) is 5.17. The lowest BCUT2D eigenvalue weighted by atomic mass is 10.0. The van der Waals surface area contributed by atoms with Crippen LogP contribution in [0.2, 0.25) is 0 Å². The molecule has 0 aliphatic carbocycles. The minimum Gasteiger partial charge on any atom is -0.504 e. The topological polar surface area (TPSA) is 87.1 Å². The van der Waals surface area contributed by atoms with E-state index in [0.717, 1.165) is 4.90 Å². The van der Waals surface area contributed by atoms with Crippen LogP contribution < -0.4 is 4.74 Å². The van der Waals surface area contributed by atoms with E-state index in [9.17, 15) is 14.7 Å². The van der Waals surface area contributed by atoms with Gasteiger partial charge in [0, 0.05) is 7.05 Å². The molecule has 6 nitrogen and oxygen atoms in total. The molecule has 104 valence electrons. The minimum atomic E-state index is -1.38. The van der Waals surface area contributed by atoms with Crippen LogP contribution in [0, 0.1) is 0 Å². The number of hydrogen-bond donors (Lipinski definition) is 2. The summed E-state index contributed by atoms with van der Waals surface area (Å²) in [7, 11) is 2.74. The van der Waals surface area contributed by atoms with Crippen molar-refractivity contribution in [2.24, 2.45) is 0 Å². The van der Waals surface area contributed by atoms with E-state index in [2.05, 4.69) is 0 Å². The Morgan fingerprint density at radius 1 is 1.32 bits per heavy atom. The maximum atomic E-state index is 12.2. The number of likely N-dealkylation sites (N-methyl/N-ethyl adjacent to an activating group) is 1. The summed E-state index contributed by atoms with van der Waals surface area (Å²) in [5.74, 6) is -1.87. The lowest BCUT2D eigenvalue weighted by Crippen LogP contribution is -2.50. The molecule has 1 aromatic rings. The summed E-state index contributed by atoms with van der Waals surface area (Å²) in [6.07, 6.45) is 0. The first-order valence-corrected chi connectivity index (χ1v) is 5.61. The number of rotatable bonds is 4. The van der Waals surface area contributed by atoms with Crippen molar-refractivity contribution >= 4 is 11.9 Å². The number of phenolic OH excluding ortho intramolecular Hbond substituents is 1. The molecule has 0 spiro atoms. The third-order valence-corrected chi connectivity index (χ3v) is 3.12. The molecule has 1 rings (SSSR count). The highest BCUT2D eigenvalue weighted by Gasteiger charge is 2.36. The molecule has 1 amide bonds. The van der Waals surface area contributed by atoms with Crippen molar-refractivity contribution < 1.29 is 24.5 Å². The van der Waals surface area contributed by atoms with Gasteiger partial charge < -0.3 is 19.8 Å². The molecule has 0 aliphatic heterocycles. The maximum Gasteiger partial charge on any atom is 0.329 e. The molecule has 0 unspecified atom stereocenters. The van der Waals surface area contributed by atoms with Gasteiger partial charge in [-0.3, -0.25) is 4.79 Å². The molecule has 19 heavy (non-hydrogen) atoms. The number of carboxylic acids is 1. The number of aliphatic carboxylic acids is 1. The van der Waals surface area contributed by atoms with Crippen LogP contribution in [0.1, 0.15) is 24.2 Å². The minimum absolute atomic E-state index is 0.00354. The molecule has 0 bridgehead atoms. The van der Waals surface area contributed by atoms with Crippen molar-refractivity contribution in [2.45, 2.75) is 19.4 Å². The van der Waals surface area contributed by atoms with E-state index in [4.69, 9.17) is 9.84 Å². The molecule has 0 atom stereocenters. The molecule has 0 fully saturated rings. The number of carboxylic acid groups (broad SMARTS) is 1. The zero-order valence-electron chi connectivity index (χ0n) is 11.3. The highest BCUT2D eigenvalue weighted by molar-refractivity contribution is 6.00. The Hall–Kier alpha value is -2.24. The van der Waals surface area contributed by atoms with Crippen LogP contribution in [0.3, 0.4) is 0 Å². The van der Waals surface area contributed by atoms with Crippen molar-refractivity contribution in [3.8, 4) is 11.5 Å². The van der Waals surface area contributed by atoms with Gasteiger partial charge in [0.1, 0.15) is 5.54 Å². The van der Waals surface area contributed by atoms with Crippen molar-refractivity contribution in [1.29, 1.82) is 0 Å². The van der Waals surface area contributed by atoms with E-state index in [1.165, 1.54) is 40.1 Å². The van der Waals surface area contributed by atoms with Crippen molar-refractivity contribution in [3.05, 3.63) is 23.8 Å². The van der Waals surface area contributed by atoms with Gasteiger partial charge >= 0.3 is 5.97 Å². The number of ether oxygens (including phenoxy) is 1. The summed E-state index contributed by atoms with van der Waals surface area (Å²) in [5.41, 5.74) is -1.39. The van der Waals surface area contributed by atoms with Gasteiger partial charge in [0.25, 0.3) is 5.91 Å². The summed E-state index contributed by atoms with van der Waals surface area (Å²) >= 11 is 0. The smallest absolute Gasteiger partial charge is 0.329 e. The van der Waals surface area contributed by atoms with Crippen LogP contribution in [0.15, 0.2) is 18.2 Å². The van der Waals surface area contributed by atoms with Crippen LogP contribution >= 0.6 is 0 Å². The molecule has 6 heteroatoms. The number of carbonyl (C=O) groups excluding carboxylic acids is 1. The number of benzene rings is 1. The predicted octanol–water partition coefficient (Wildman–Crippen LogP) is 1.34. The maximum absolute atomic E-state index is 12.2. The first-order valence-electron chi connectivity index (χ1n) is 5.61. The van der Waals surface area contributed by atoms with Crippen LogP contribution in [-0.2, 0) is 4.79 Å². The van der Waals surface area contributed by atoms with Crippen molar-refractivity contribution in [1.82, 2.24) is 4.90 Å². The molecule has 0 aromatic heterocycles. The van der Waals surface area contributed by atoms with Crippen LogP contribution in [-0.4, -0.2) is 46.7 Å². The largest absolute Gasteiger partial charge is 0.504 e. The van der Waals surface area contributed by atoms with E-state index >= 15 is 0 Å². The van der Waals surface area contributed by atoms with E-state index in [1.807, 2.05) is 0 Å². The Kier molecular flexibility index (Phi) is 4.04. The number of aromatic hydroxyl groups is 1. The van der Waals surface area contributed by atoms with Gasteiger partial charge in [-0.05, 0) is 26.0 Å². The Bertz CT molecular complexity index is 510. The zero-order chi connectivity index (χ0) is 14.8. The van der Waals surface area contributed by atoms with Gasteiger partial charge in [-0.1, -0.05) is 6.07 Å². The number of nitrogens with zero attached hydrogens (tertiary/aromatic N) is 1. The number of phenols is 1. The summed E-state index contributed by atoms with van der Waals surface area (Å²) in [4.78, 5) is 24.4. The summed E-state index contributed by atoms with van der Waals surface area (Å²) < 4.78 is 4.91. The van der Waals surface area contributed by atoms with Crippen molar-refractivity contribution in [2.75, 3.05) is 14.2 Å². The number of methoxy groups -OCH3 is 1. The summed E-state index contributed by atoms with van der Waals surface area (Å²) in [6.45, 7) is 2.81. The summed E-state index contributed by atoms with van der Waals surface area (Å²) in [6, 6.07) is 4.47. The third-order valence-electron chi connectivity index (χ3n) is 3.12. The lowest BCUT2D eigenvalue weighted by Gasteiger charge is -2.31. The summed E-state index contributed by atoms with van der Waals surface area (Å²) in [5, 5.41) is 19.0. The molecule has 0 saturated heterocycles. The number of amides is 1. The Labute approximate surface area is 111 Å². The van der Waals surface area contributed by atoms with Crippen molar-refractivity contribution in [3.63, 3.8) is 0 Å². The number of para-hydroxylation sites is 1. The molecule has 2 N–H and O–H groups in total. The van der Waals surface area contributed by atoms with E-state index in [-0.39, 0.29) is 17.1 Å². The molecular formula is C13H17NO5. The fourth-order valence-electron chi connectivity index (χ4n) is 1.44. The van der Waals surface area contributed by atoms with Crippen LogP contribution in [0.4, 0.5) is 0 Å². The van der Waals surface area contributed by atoms with Gasteiger partial charge in [-0.2, -0.15) is 0 Å². The Morgan fingerprint density at radius 2 is 1.89 bits per heavy atom. The average molecular weight is 267 g/mol. The SMILES string of the molecule is COc1cccc(C(=O)N(C)C(C)(C)C(=O)O)c1O. The molecule has 0 saturated carbocycles. The first-order chi connectivity index (χ1) is 8.73.